The van der Waals surface area contributed by atoms with Gasteiger partial charge in [0.05, 0.1) is 5.52 Å². The number of benzene rings is 1. The second kappa shape index (κ2) is 6.42. The highest BCUT2D eigenvalue weighted by atomic mass is 35.5. The fourth-order valence-electron chi connectivity index (χ4n) is 2.24. The fourth-order valence-corrected chi connectivity index (χ4v) is 2.24. The number of nitrogens with one attached hydrogen (secondary N) is 3. The van der Waals surface area contributed by atoms with Crippen LogP contribution in [0.4, 0.5) is 5.69 Å². The lowest BCUT2D eigenvalue weighted by Gasteiger charge is -2.02. The molecule has 24 heavy (non-hydrogen) atoms. The molecule has 0 saturated heterocycles. The molecule has 10 heteroatoms. The van der Waals surface area contributed by atoms with E-state index < -0.39 is 0 Å². The molecule has 0 spiro atoms. The van der Waals surface area contributed by atoms with Gasteiger partial charge in [-0.1, -0.05) is 0 Å². The molecule has 1 aromatic carbocycles. The largest absolute Gasteiger partial charge is 0.320 e. The number of rotatable bonds is 3. The Morgan fingerprint density at radius 1 is 1.08 bits per heavy atom. The number of aromatic amines is 2. The minimum absolute atomic E-state index is 0. The minimum Gasteiger partial charge on any atom is -0.320 e. The van der Waals surface area contributed by atoms with Crippen molar-refractivity contribution in [3.05, 3.63) is 48.4 Å². The number of pyridine rings is 1. The van der Waals surface area contributed by atoms with Gasteiger partial charge in [0.2, 0.25) is 5.82 Å². The minimum atomic E-state index is -0.312. The standard InChI is InChI=1S/C14H10N8O.ClH/c23-14(16-9-3-5-15-6-4-9)12-10-7-8(13-19-21-22-20-13)1-2-11(10)17-18-12;/h1-7H,(H,17,18)(H,15,16,23)(H,19,20,21,22);1H. The van der Waals surface area contributed by atoms with Crippen LogP contribution < -0.4 is 5.32 Å². The van der Waals surface area contributed by atoms with Crippen LogP contribution in [0, 0.1) is 0 Å². The molecule has 3 aromatic heterocycles. The highest BCUT2D eigenvalue weighted by Crippen LogP contribution is 2.23. The smallest absolute Gasteiger partial charge is 0.276 e. The first-order chi connectivity index (χ1) is 11.3. The third-order valence-corrected chi connectivity index (χ3v) is 3.32. The molecule has 0 bridgehead atoms. The molecule has 3 heterocycles. The van der Waals surface area contributed by atoms with Crippen molar-refractivity contribution in [3.63, 3.8) is 0 Å². The molecule has 1 amide bonds. The Morgan fingerprint density at radius 3 is 2.67 bits per heavy atom. The third-order valence-electron chi connectivity index (χ3n) is 3.32. The van der Waals surface area contributed by atoms with E-state index in [1.165, 1.54) is 0 Å². The van der Waals surface area contributed by atoms with Crippen molar-refractivity contribution in [1.82, 2.24) is 35.8 Å². The average molecular weight is 343 g/mol. The summed E-state index contributed by atoms with van der Waals surface area (Å²) in [5.41, 5.74) is 2.43. The molecular formula is C14H11ClN8O. The molecule has 0 aliphatic rings. The van der Waals surface area contributed by atoms with E-state index in [1.807, 2.05) is 12.1 Å². The summed E-state index contributed by atoms with van der Waals surface area (Å²) >= 11 is 0. The zero-order chi connectivity index (χ0) is 15.6. The maximum Gasteiger partial charge on any atom is 0.276 e. The van der Waals surface area contributed by atoms with Crippen LogP contribution >= 0.6 is 12.4 Å². The number of halogens is 1. The van der Waals surface area contributed by atoms with Crippen molar-refractivity contribution in [3.8, 4) is 11.4 Å². The van der Waals surface area contributed by atoms with Crippen LogP contribution in [0.15, 0.2) is 42.7 Å². The predicted octanol–water partition coefficient (Wildman–Crippen LogP) is 1.81. The molecule has 0 atom stereocenters. The number of anilines is 1. The van der Waals surface area contributed by atoms with Crippen LogP contribution in [0.1, 0.15) is 10.5 Å². The molecule has 0 aliphatic carbocycles. The number of tetrazole rings is 1. The first kappa shape index (κ1) is 15.6. The van der Waals surface area contributed by atoms with Gasteiger partial charge in [0.25, 0.3) is 5.91 Å². The maximum absolute atomic E-state index is 12.4. The summed E-state index contributed by atoms with van der Waals surface area (Å²) in [5, 5.41) is 24.2. The van der Waals surface area contributed by atoms with Crippen molar-refractivity contribution in [2.45, 2.75) is 0 Å². The summed E-state index contributed by atoms with van der Waals surface area (Å²) in [6, 6.07) is 8.85. The molecule has 0 unspecified atom stereocenters. The zero-order valence-electron chi connectivity index (χ0n) is 12.1. The lowest BCUT2D eigenvalue weighted by Crippen LogP contribution is -2.12. The molecule has 3 N–H and O–H groups in total. The van der Waals surface area contributed by atoms with Gasteiger partial charge in [0, 0.05) is 29.0 Å². The second-order valence-electron chi connectivity index (χ2n) is 4.76. The van der Waals surface area contributed by atoms with Gasteiger partial charge >= 0.3 is 0 Å². The lowest BCUT2D eigenvalue weighted by molar-refractivity contribution is 0.102. The first-order valence-corrected chi connectivity index (χ1v) is 6.74. The van der Waals surface area contributed by atoms with E-state index >= 15 is 0 Å². The summed E-state index contributed by atoms with van der Waals surface area (Å²) in [4.78, 5) is 16.3. The van der Waals surface area contributed by atoms with E-state index in [1.54, 1.807) is 30.6 Å². The highest BCUT2D eigenvalue weighted by molar-refractivity contribution is 6.11. The molecule has 0 saturated carbocycles. The fraction of sp³-hybridized carbons (Fsp3) is 0. The number of aromatic nitrogens is 7. The Labute approximate surface area is 141 Å². The quantitative estimate of drug-likeness (QED) is 0.521. The van der Waals surface area contributed by atoms with Gasteiger partial charge in [0.15, 0.2) is 5.69 Å². The highest BCUT2D eigenvalue weighted by Gasteiger charge is 2.16. The molecule has 9 nitrogen and oxygen atoms in total. The Balaban J connectivity index is 0.00000169. The number of hydrogen-bond acceptors (Lipinski definition) is 6. The summed E-state index contributed by atoms with van der Waals surface area (Å²) in [6.07, 6.45) is 3.21. The summed E-state index contributed by atoms with van der Waals surface area (Å²) in [7, 11) is 0. The third kappa shape index (κ3) is 2.79. The molecule has 4 aromatic rings. The summed E-state index contributed by atoms with van der Waals surface area (Å²) < 4.78 is 0. The van der Waals surface area contributed by atoms with E-state index in [0.717, 1.165) is 11.1 Å². The normalized spacial score (nSPS) is 10.3. The Morgan fingerprint density at radius 2 is 1.92 bits per heavy atom. The lowest BCUT2D eigenvalue weighted by atomic mass is 10.1. The molecule has 0 fully saturated rings. The van der Waals surface area contributed by atoms with Gasteiger partial charge in [-0.05, 0) is 35.5 Å². The SMILES string of the molecule is Cl.O=C(Nc1ccncc1)c1n[nH]c2ccc(-c3nn[nH]n3)cc12. The number of fused-ring (bicyclic) bond motifs is 1. The first-order valence-electron chi connectivity index (χ1n) is 6.74. The van der Waals surface area contributed by atoms with E-state index in [2.05, 4.69) is 41.1 Å². The van der Waals surface area contributed by atoms with Gasteiger partial charge in [-0.3, -0.25) is 14.9 Å². The van der Waals surface area contributed by atoms with Crippen molar-refractivity contribution in [2.75, 3.05) is 5.32 Å². The van der Waals surface area contributed by atoms with Gasteiger partial charge in [-0.2, -0.15) is 10.3 Å². The summed E-state index contributed by atoms with van der Waals surface area (Å²) in [5.74, 6) is 0.140. The topological polar surface area (TPSA) is 125 Å². The van der Waals surface area contributed by atoms with Crippen LogP contribution in [-0.4, -0.2) is 41.7 Å². The molecule has 0 aliphatic heterocycles. The maximum atomic E-state index is 12.4. The summed E-state index contributed by atoms with van der Waals surface area (Å²) in [6.45, 7) is 0. The van der Waals surface area contributed by atoms with Gasteiger partial charge < -0.3 is 5.32 Å². The number of amides is 1. The van der Waals surface area contributed by atoms with E-state index in [9.17, 15) is 4.79 Å². The van der Waals surface area contributed by atoms with Gasteiger partial charge in [0.1, 0.15) is 0 Å². The number of nitrogens with zero attached hydrogens (tertiary/aromatic N) is 5. The number of carbonyl (C=O) groups is 1. The van der Waals surface area contributed by atoms with Crippen LogP contribution in [0.3, 0.4) is 0 Å². The van der Waals surface area contributed by atoms with Crippen molar-refractivity contribution >= 4 is 34.9 Å². The van der Waals surface area contributed by atoms with Crippen LogP contribution in [0.25, 0.3) is 22.3 Å². The van der Waals surface area contributed by atoms with Crippen molar-refractivity contribution < 1.29 is 4.79 Å². The zero-order valence-corrected chi connectivity index (χ0v) is 12.9. The Bertz CT molecular complexity index is 967. The van der Waals surface area contributed by atoms with Crippen LogP contribution in [0.2, 0.25) is 0 Å². The monoisotopic (exact) mass is 342 g/mol. The second-order valence-corrected chi connectivity index (χ2v) is 4.76. The van der Waals surface area contributed by atoms with E-state index in [4.69, 9.17) is 0 Å². The van der Waals surface area contributed by atoms with Crippen molar-refractivity contribution in [1.29, 1.82) is 0 Å². The Kier molecular flexibility index (Phi) is 4.17. The molecule has 0 radical (unpaired) electrons. The number of carbonyl (C=O) groups excluding carboxylic acids is 1. The molecule has 120 valence electrons. The number of H-pyrrole nitrogens is 2. The van der Waals surface area contributed by atoms with Crippen LogP contribution in [0.5, 0.6) is 0 Å². The van der Waals surface area contributed by atoms with E-state index in [0.29, 0.717) is 22.6 Å². The molecule has 4 rings (SSSR count). The van der Waals surface area contributed by atoms with E-state index in [-0.39, 0.29) is 18.3 Å². The average Bonchev–Trinajstić information content (AvgIpc) is 3.25. The van der Waals surface area contributed by atoms with Crippen LogP contribution in [-0.2, 0) is 0 Å². The number of hydrogen-bond donors (Lipinski definition) is 3. The predicted molar refractivity (Wildman–Crippen MR) is 88.7 cm³/mol. The van der Waals surface area contributed by atoms with Crippen molar-refractivity contribution in [2.24, 2.45) is 0 Å². The molecular weight excluding hydrogens is 332 g/mol. The van der Waals surface area contributed by atoms with Gasteiger partial charge in [-0.25, -0.2) is 0 Å². The Hall–Kier alpha value is -3.33. The van der Waals surface area contributed by atoms with Gasteiger partial charge in [-0.15, -0.1) is 22.6 Å².